The molecule has 0 saturated carbocycles. The fourth-order valence-corrected chi connectivity index (χ4v) is 3.97. The van der Waals surface area contributed by atoms with E-state index in [0.29, 0.717) is 40.2 Å². The standard InChI is InChI=1S/C21H22ClN5O3.2ClH/c22-17-4-2-1-3-15(17)16-9-14-11-24-21(26-19(14)25-20(16)30)23-10-13-5-7-27(8-6-13)12-18(28)29;;/h1-4,9,11,13H,5-8,10,12H2,(H,28,29)(H2,23,24,25,26,30);2*1H. The second kappa shape index (κ2) is 11.5. The number of nitrogens with one attached hydrogen (secondary N) is 2. The summed E-state index contributed by atoms with van der Waals surface area (Å²) in [6, 6.07) is 8.95. The molecule has 0 radical (unpaired) electrons. The maximum atomic E-state index is 12.6. The number of hydrogen-bond donors (Lipinski definition) is 3. The number of halogens is 3. The highest BCUT2D eigenvalue weighted by Crippen LogP contribution is 2.26. The summed E-state index contributed by atoms with van der Waals surface area (Å²) in [5.74, 6) is 0.0930. The zero-order chi connectivity index (χ0) is 21.1. The van der Waals surface area contributed by atoms with E-state index in [0.717, 1.165) is 31.3 Å². The molecule has 11 heteroatoms. The number of fused-ring (bicyclic) bond motifs is 1. The number of aromatic nitrogens is 3. The molecule has 1 fully saturated rings. The van der Waals surface area contributed by atoms with Crippen molar-refractivity contribution in [1.82, 2.24) is 19.9 Å². The number of aliphatic carboxylic acids is 1. The third kappa shape index (κ3) is 6.10. The minimum absolute atomic E-state index is 0. The second-order valence-corrected chi connectivity index (χ2v) is 7.89. The number of nitrogens with zero attached hydrogens (tertiary/aromatic N) is 3. The number of carbonyl (C=O) groups is 1. The molecular weight excluding hydrogens is 477 g/mol. The van der Waals surface area contributed by atoms with Gasteiger partial charge < -0.3 is 15.4 Å². The van der Waals surface area contributed by atoms with Gasteiger partial charge in [0.05, 0.1) is 6.54 Å². The Labute approximate surface area is 202 Å². The Morgan fingerprint density at radius 2 is 1.94 bits per heavy atom. The number of pyridine rings is 1. The number of benzene rings is 1. The molecule has 1 aromatic carbocycles. The van der Waals surface area contributed by atoms with Gasteiger partial charge in [-0.05, 0) is 44.0 Å². The highest BCUT2D eigenvalue weighted by Gasteiger charge is 2.20. The van der Waals surface area contributed by atoms with Crippen molar-refractivity contribution in [3.05, 3.63) is 51.9 Å². The molecule has 3 aromatic rings. The zero-order valence-electron chi connectivity index (χ0n) is 17.1. The Morgan fingerprint density at radius 1 is 1.22 bits per heavy atom. The first-order chi connectivity index (χ1) is 14.5. The first-order valence-corrected chi connectivity index (χ1v) is 10.2. The van der Waals surface area contributed by atoms with Gasteiger partial charge >= 0.3 is 5.97 Å². The lowest BCUT2D eigenvalue weighted by Gasteiger charge is -2.30. The number of aromatic amines is 1. The summed E-state index contributed by atoms with van der Waals surface area (Å²) in [4.78, 5) is 36.9. The van der Waals surface area contributed by atoms with Crippen LogP contribution in [0.15, 0.2) is 41.3 Å². The van der Waals surface area contributed by atoms with Gasteiger partial charge in [0.15, 0.2) is 0 Å². The first-order valence-electron chi connectivity index (χ1n) is 9.82. The largest absolute Gasteiger partial charge is 0.480 e. The molecule has 0 atom stereocenters. The van der Waals surface area contributed by atoms with Crippen LogP contribution in [-0.2, 0) is 4.79 Å². The van der Waals surface area contributed by atoms with Gasteiger partial charge in [-0.15, -0.1) is 24.8 Å². The smallest absolute Gasteiger partial charge is 0.317 e. The predicted molar refractivity (Wildman–Crippen MR) is 130 cm³/mol. The van der Waals surface area contributed by atoms with Gasteiger partial charge in [-0.25, -0.2) is 4.98 Å². The topological polar surface area (TPSA) is 111 Å². The summed E-state index contributed by atoms with van der Waals surface area (Å²) in [6.45, 7) is 2.34. The van der Waals surface area contributed by atoms with Crippen molar-refractivity contribution < 1.29 is 9.90 Å². The lowest BCUT2D eigenvalue weighted by molar-refractivity contribution is -0.138. The van der Waals surface area contributed by atoms with E-state index < -0.39 is 5.97 Å². The van der Waals surface area contributed by atoms with Crippen molar-refractivity contribution in [3.8, 4) is 11.1 Å². The van der Waals surface area contributed by atoms with Crippen molar-refractivity contribution in [3.63, 3.8) is 0 Å². The summed E-state index contributed by atoms with van der Waals surface area (Å²) in [5, 5.41) is 13.3. The minimum Gasteiger partial charge on any atom is -0.480 e. The highest BCUT2D eigenvalue weighted by atomic mass is 35.5. The molecule has 3 N–H and O–H groups in total. The number of hydrogen-bond acceptors (Lipinski definition) is 6. The van der Waals surface area contributed by atoms with E-state index in [2.05, 4.69) is 20.3 Å². The van der Waals surface area contributed by atoms with Crippen LogP contribution < -0.4 is 10.9 Å². The SMILES string of the molecule is Cl.Cl.O=C(O)CN1CCC(CNc2ncc3cc(-c4ccccc4Cl)c(=O)[nH]c3n2)CC1. The van der Waals surface area contributed by atoms with E-state index in [1.165, 1.54) is 0 Å². The van der Waals surface area contributed by atoms with Crippen molar-refractivity contribution in [2.75, 3.05) is 31.5 Å². The van der Waals surface area contributed by atoms with E-state index in [1.807, 2.05) is 17.0 Å². The van der Waals surface area contributed by atoms with E-state index in [9.17, 15) is 9.59 Å². The Hall–Kier alpha value is -2.39. The third-order valence-electron chi connectivity index (χ3n) is 5.37. The Balaban J connectivity index is 0.00000181. The van der Waals surface area contributed by atoms with Gasteiger partial charge in [0, 0.05) is 34.3 Å². The van der Waals surface area contributed by atoms with Crippen molar-refractivity contribution >= 4 is 59.4 Å². The van der Waals surface area contributed by atoms with E-state index in [1.54, 1.807) is 24.4 Å². The quantitative estimate of drug-likeness (QED) is 0.473. The number of carboxylic acids is 1. The van der Waals surface area contributed by atoms with E-state index >= 15 is 0 Å². The van der Waals surface area contributed by atoms with Gasteiger partial charge in [0.25, 0.3) is 5.56 Å². The van der Waals surface area contributed by atoms with Crippen LogP contribution in [0.25, 0.3) is 22.2 Å². The molecule has 32 heavy (non-hydrogen) atoms. The van der Waals surface area contributed by atoms with Crippen molar-refractivity contribution in [2.45, 2.75) is 12.8 Å². The Bertz CT molecular complexity index is 1130. The van der Waals surface area contributed by atoms with Crippen LogP contribution in [0.1, 0.15) is 12.8 Å². The van der Waals surface area contributed by atoms with Gasteiger partial charge in [-0.2, -0.15) is 4.98 Å². The molecule has 0 bridgehead atoms. The fourth-order valence-electron chi connectivity index (χ4n) is 3.73. The van der Waals surface area contributed by atoms with Gasteiger partial charge in [0.2, 0.25) is 5.95 Å². The summed E-state index contributed by atoms with van der Waals surface area (Å²) < 4.78 is 0. The molecule has 3 heterocycles. The molecule has 0 unspecified atom stereocenters. The van der Waals surface area contributed by atoms with Gasteiger partial charge in [0.1, 0.15) is 5.65 Å². The molecule has 4 rings (SSSR count). The van der Waals surface area contributed by atoms with Crippen LogP contribution in [0.3, 0.4) is 0 Å². The first kappa shape index (κ1) is 25.9. The number of carboxylic acid groups (broad SMARTS) is 1. The van der Waals surface area contributed by atoms with Crippen LogP contribution in [-0.4, -0.2) is 57.1 Å². The average Bonchev–Trinajstić information content (AvgIpc) is 2.73. The number of anilines is 1. The van der Waals surface area contributed by atoms with E-state index in [4.69, 9.17) is 16.7 Å². The van der Waals surface area contributed by atoms with Gasteiger partial charge in [-0.3, -0.25) is 14.5 Å². The van der Waals surface area contributed by atoms with E-state index in [-0.39, 0.29) is 36.9 Å². The third-order valence-corrected chi connectivity index (χ3v) is 5.70. The molecule has 8 nitrogen and oxygen atoms in total. The normalized spacial score (nSPS) is 14.4. The van der Waals surface area contributed by atoms with Crippen LogP contribution in [0.4, 0.5) is 5.95 Å². The monoisotopic (exact) mass is 499 g/mol. The maximum Gasteiger partial charge on any atom is 0.317 e. The molecule has 1 aliphatic rings. The van der Waals surface area contributed by atoms with Crippen LogP contribution in [0.5, 0.6) is 0 Å². The molecule has 172 valence electrons. The molecule has 1 aliphatic heterocycles. The number of rotatable bonds is 6. The van der Waals surface area contributed by atoms with Crippen LogP contribution in [0.2, 0.25) is 5.02 Å². The Kier molecular flexibility index (Phi) is 9.27. The molecule has 0 amide bonds. The molecule has 1 saturated heterocycles. The number of H-pyrrole nitrogens is 1. The lowest BCUT2D eigenvalue weighted by atomic mass is 9.97. The maximum absolute atomic E-state index is 12.6. The van der Waals surface area contributed by atoms with Crippen molar-refractivity contribution in [2.24, 2.45) is 5.92 Å². The van der Waals surface area contributed by atoms with Crippen LogP contribution in [0, 0.1) is 5.92 Å². The lowest BCUT2D eigenvalue weighted by Crippen LogP contribution is -2.38. The Morgan fingerprint density at radius 3 is 2.62 bits per heavy atom. The second-order valence-electron chi connectivity index (χ2n) is 7.48. The van der Waals surface area contributed by atoms with Gasteiger partial charge in [-0.1, -0.05) is 29.8 Å². The summed E-state index contributed by atoms with van der Waals surface area (Å²) in [5.41, 5.74) is 1.35. The number of likely N-dealkylation sites (tertiary alicyclic amines) is 1. The molecular formula is C21H24Cl3N5O3. The molecule has 0 spiro atoms. The van der Waals surface area contributed by atoms with Crippen molar-refractivity contribution in [1.29, 1.82) is 0 Å². The molecule has 2 aromatic heterocycles. The summed E-state index contributed by atoms with van der Waals surface area (Å²) >= 11 is 6.23. The predicted octanol–water partition coefficient (Wildman–Crippen LogP) is 3.69. The number of piperidine rings is 1. The highest BCUT2D eigenvalue weighted by molar-refractivity contribution is 6.33. The summed E-state index contributed by atoms with van der Waals surface area (Å²) in [7, 11) is 0. The average molecular weight is 501 g/mol. The fraction of sp³-hybridized carbons (Fsp3) is 0.333. The minimum atomic E-state index is -0.789. The summed E-state index contributed by atoms with van der Waals surface area (Å²) in [6.07, 6.45) is 3.52. The van der Waals surface area contributed by atoms with Crippen LogP contribution >= 0.6 is 36.4 Å². The molecule has 0 aliphatic carbocycles. The zero-order valence-corrected chi connectivity index (χ0v) is 19.5.